The Kier molecular flexibility index (Phi) is 7.19. The summed E-state index contributed by atoms with van der Waals surface area (Å²) in [4.78, 5) is 25.6. The molecule has 0 atom stereocenters. The Hall–Kier alpha value is -2.93. The molecular weight excluding hydrogens is 370 g/mol. The molecule has 0 saturated carbocycles. The van der Waals surface area contributed by atoms with Gasteiger partial charge in [-0.3, -0.25) is 19.8 Å². The highest BCUT2D eigenvalue weighted by atomic mass is 16.6. The Morgan fingerprint density at radius 2 is 1.79 bits per heavy atom. The molecule has 1 N–H and O–H groups in total. The minimum atomic E-state index is -0.539. The fourth-order valence-electron chi connectivity index (χ4n) is 3.50. The fourth-order valence-corrected chi connectivity index (χ4v) is 3.50. The van der Waals surface area contributed by atoms with Gasteiger partial charge in [0.15, 0.2) is 5.75 Å². The lowest BCUT2D eigenvalue weighted by Gasteiger charge is -2.26. The van der Waals surface area contributed by atoms with Crippen LogP contribution in [0.1, 0.15) is 47.7 Å². The van der Waals surface area contributed by atoms with Crippen LogP contribution in [0.3, 0.4) is 0 Å². The van der Waals surface area contributed by atoms with Gasteiger partial charge in [-0.25, -0.2) is 0 Å². The van der Waals surface area contributed by atoms with Gasteiger partial charge in [0.25, 0.3) is 5.91 Å². The maximum atomic E-state index is 12.4. The average molecular weight is 397 g/mol. The third kappa shape index (κ3) is 5.77. The van der Waals surface area contributed by atoms with Crippen molar-refractivity contribution in [1.82, 2.24) is 10.2 Å². The molecule has 1 heterocycles. The van der Waals surface area contributed by atoms with Crippen LogP contribution in [-0.2, 0) is 13.1 Å². The van der Waals surface area contributed by atoms with E-state index in [0.717, 1.165) is 25.2 Å². The van der Waals surface area contributed by atoms with Gasteiger partial charge in [-0.1, -0.05) is 30.7 Å². The Balaban J connectivity index is 1.57. The number of rotatable bonds is 8. The van der Waals surface area contributed by atoms with E-state index in [2.05, 4.69) is 22.3 Å². The van der Waals surface area contributed by atoms with E-state index in [4.69, 9.17) is 4.74 Å². The van der Waals surface area contributed by atoms with Crippen molar-refractivity contribution >= 4 is 11.6 Å². The molecule has 29 heavy (non-hydrogen) atoms. The zero-order valence-electron chi connectivity index (χ0n) is 16.7. The summed E-state index contributed by atoms with van der Waals surface area (Å²) in [6, 6.07) is 12.5. The van der Waals surface area contributed by atoms with Gasteiger partial charge in [-0.05, 0) is 56.1 Å². The lowest BCUT2D eigenvalue weighted by Crippen LogP contribution is -2.29. The summed E-state index contributed by atoms with van der Waals surface area (Å²) < 4.78 is 5.25. The highest BCUT2D eigenvalue weighted by Crippen LogP contribution is 2.28. The maximum absolute atomic E-state index is 12.4. The standard InChI is InChI=1S/C22H27N3O4/c1-2-29-21-11-10-19(14-20(21)25(27)28)22(26)23-15-17-6-8-18(9-7-17)16-24-12-4-3-5-13-24/h6-11,14H,2-5,12-13,15-16H2,1H3,(H,23,26). The van der Waals surface area contributed by atoms with Crippen molar-refractivity contribution in [2.24, 2.45) is 0 Å². The Morgan fingerprint density at radius 1 is 1.10 bits per heavy atom. The van der Waals surface area contributed by atoms with E-state index in [0.29, 0.717) is 13.2 Å². The quantitative estimate of drug-likeness (QED) is 0.539. The van der Waals surface area contributed by atoms with Crippen LogP contribution in [0.15, 0.2) is 42.5 Å². The molecule has 1 aliphatic heterocycles. The van der Waals surface area contributed by atoms with Crippen LogP contribution in [0.2, 0.25) is 0 Å². The van der Waals surface area contributed by atoms with Crippen LogP contribution in [0.25, 0.3) is 0 Å². The third-order valence-electron chi connectivity index (χ3n) is 5.05. The van der Waals surface area contributed by atoms with Crippen LogP contribution in [0.4, 0.5) is 5.69 Å². The molecule has 1 saturated heterocycles. The second-order valence-electron chi connectivity index (χ2n) is 7.21. The summed E-state index contributed by atoms with van der Waals surface area (Å²) in [5.41, 5.74) is 2.29. The van der Waals surface area contributed by atoms with Gasteiger partial charge in [0.05, 0.1) is 11.5 Å². The van der Waals surface area contributed by atoms with Gasteiger partial charge < -0.3 is 10.1 Å². The number of nitrogens with zero attached hydrogens (tertiary/aromatic N) is 2. The Labute approximate surface area is 170 Å². The van der Waals surface area contributed by atoms with Gasteiger partial charge in [-0.15, -0.1) is 0 Å². The van der Waals surface area contributed by atoms with Crippen molar-refractivity contribution in [3.05, 3.63) is 69.3 Å². The SMILES string of the molecule is CCOc1ccc(C(=O)NCc2ccc(CN3CCCCC3)cc2)cc1[N+](=O)[O-]. The number of amides is 1. The number of benzene rings is 2. The maximum Gasteiger partial charge on any atom is 0.311 e. The van der Waals surface area contributed by atoms with Gasteiger partial charge in [0.2, 0.25) is 0 Å². The molecule has 1 amide bonds. The van der Waals surface area contributed by atoms with Crippen LogP contribution < -0.4 is 10.1 Å². The van der Waals surface area contributed by atoms with E-state index < -0.39 is 4.92 Å². The molecule has 3 rings (SSSR count). The minimum absolute atomic E-state index is 0.165. The van der Waals surface area contributed by atoms with Crippen molar-refractivity contribution in [1.29, 1.82) is 0 Å². The molecule has 7 nitrogen and oxygen atoms in total. The first-order valence-corrected chi connectivity index (χ1v) is 10.1. The summed E-state index contributed by atoms with van der Waals surface area (Å²) >= 11 is 0. The number of nitrogens with one attached hydrogen (secondary N) is 1. The van der Waals surface area contributed by atoms with Crippen LogP contribution in [0, 0.1) is 10.1 Å². The first kappa shape index (κ1) is 20.8. The van der Waals surface area contributed by atoms with E-state index >= 15 is 0 Å². The van der Waals surface area contributed by atoms with Crippen molar-refractivity contribution in [2.75, 3.05) is 19.7 Å². The lowest BCUT2D eigenvalue weighted by atomic mass is 10.1. The Morgan fingerprint density at radius 3 is 2.45 bits per heavy atom. The van der Waals surface area contributed by atoms with Crippen molar-refractivity contribution in [3.8, 4) is 5.75 Å². The Bertz CT molecular complexity index is 846. The third-order valence-corrected chi connectivity index (χ3v) is 5.05. The molecule has 7 heteroatoms. The second kappa shape index (κ2) is 10.0. The molecule has 0 unspecified atom stereocenters. The number of hydrogen-bond donors (Lipinski definition) is 1. The number of piperidine rings is 1. The molecule has 0 aromatic heterocycles. The van der Waals surface area contributed by atoms with Crippen LogP contribution in [0.5, 0.6) is 5.75 Å². The van der Waals surface area contributed by atoms with E-state index in [9.17, 15) is 14.9 Å². The predicted molar refractivity (Wildman–Crippen MR) is 111 cm³/mol. The molecule has 1 fully saturated rings. The van der Waals surface area contributed by atoms with Crippen molar-refractivity contribution in [2.45, 2.75) is 39.3 Å². The summed E-state index contributed by atoms with van der Waals surface area (Å²) in [6.07, 6.45) is 3.87. The second-order valence-corrected chi connectivity index (χ2v) is 7.21. The summed E-state index contributed by atoms with van der Waals surface area (Å²) in [5, 5.41) is 14.0. The van der Waals surface area contributed by atoms with E-state index in [1.165, 1.54) is 43.0 Å². The number of hydrogen-bond acceptors (Lipinski definition) is 5. The predicted octanol–water partition coefficient (Wildman–Crippen LogP) is 3.91. The van der Waals surface area contributed by atoms with Gasteiger partial charge in [-0.2, -0.15) is 0 Å². The largest absolute Gasteiger partial charge is 0.487 e. The highest BCUT2D eigenvalue weighted by Gasteiger charge is 2.18. The van der Waals surface area contributed by atoms with Gasteiger partial charge in [0, 0.05) is 24.7 Å². The molecule has 2 aromatic rings. The van der Waals surface area contributed by atoms with Crippen LogP contribution in [-0.4, -0.2) is 35.4 Å². The summed E-state index contributed by atoms with van der Waals surface area (Å²) in [6.45, 7) is 5.71. The first-order chi connectivity index (χ1) is 14.1. The fraction of sp³-hybridized carbons (Fsp3) is 0.409. The summed E-state index contributed by atoms with van der Waals surface area (Å²) in [7, 11) is 0. The number of carbonyl (C=O) groups excluding carboxylic acids is 1. The van der Waals surface area contributed by atoms with Crippen LogP contribution >= 0.6 is 0 Å². The summed E-state index contributed by atoms with van der Waals surface area (Å²) in [5.74, 6) is -0.188. The van der Waals surface area contributed by atoms with Gasteiger partial charge >= 0.3 is 5.69 Å². The molecule has 2 aromatic carbocycles. The number of nitro benzene ring substituents is 1. The zero-order valence-corrected chi connectivity index (χ0v) is 16.7. The van der Waals surface area contributed by atoms with E-state index in [1.807, 2.05) is 12.1 Å². The normalized spacial score (nSPS) is 14.4. The highest BCUT2D eigenvalue weighted by molar-refractivity contribution is 5.95. The molecule has 0 radical (unpaired) electrons. The molecule has 0 aliphatic carbocycles. The molecular formula is C22H27N3O4. The topological polar surface area (TPSA) is 84.7 Å². The minimum Gasteiger partial charge on any atom is -0.487 e. The number of nitro groups is 1. The average Bonchev–Trinajstić information content (AvgIpc) is 2.74. The first-order valence-electron chi connectivity index (χ1n) is 10.1. The van der Waals surface area contributed by atoms with E-state index in [1.54, 1.807) is 6.92 Å². The molecule has 154 valence electrons. The monoisotopic (exact) mass is 397 g/mol. The van der Waals surface area contributed by atoms with Gasteiger partial charge in [0.1, 0.15) is 0 Å². The molecule has 1 aliphatic rings. The molecule has 0 spiro atoms. The van der Waals surface area contributed by atoms with E-state index in [-0.39, 0.29) is 22.9 Å². The zero-order chi connectivity index (χ0) is 20.6. The number of carbonyl (C=O) groups is 1. The smallest absolute Gasteiger partial charge is 0.311 e. The molecule has 0 bridgehead atoms. The lowest BCUT2D eigenvalue weighted by molar-refractivity contribution is -0.385. The van der Waals surface area contributed by atoms with Crippen molar-refractivity contribution < 1.29 is 14.5 Å². The number of ether oxygens (including phenoxy) is 1. The van der Waals surface area contributed by atoms with Crippen molar-refractivity contribution in [3.63, 3.8) is 0 Å². The number of likely N-dealkylation sites (tertiary alicyclic amines) is 1.